The van der Waals surface area contributed by atoms with Crippen molar-refractivity contribution in [3.05, 3.63) is 50.5 Å². The number of anilines is 3. The van der Waals surface area contributed by atoms with Gasteiger partial charge in [-0.15, -0.1) is 0 Å². The predicted molar refractivity (Wildman–Crippen MR) is 80.2 cm³/mol. The summed E-state index contributed by atoms with van der Waals surface area (Å²) in [6.07, 6.45) is 0. The van der Waals surface area contributed by atoms with E-state index < -0.39 is 4.92 Å². The van der Waals surface area contributed by atoms with Crippen molar-refractivity contribution in [2.45, 2.75) is 0 Å². The predicted octanol–water partition coefficient (Wildman–Crippen LogP) is 4.08. The van der Waals surface area contributed by atoms with E-state index in [1.54, 1.807) is 25.2 Å². The van der Waals surface area contributed by atoms with Crippen molar-refractivity contribution in [1.82, 2.24) is 4.98 Å². The molecule has 1 aromatic carbocycles. The van der Waals surface area contributed by atoms with Crippen molar-refractivity contribution < 1.29 is 4.92 Å². The molecular weight excluding hydrogens is 303 g/mol. The minimum atomic E-state index is -0.528. The third-order valence-corrected chi connectivity index (χ3v) is 3.16. The van der Waals surface area contributed by atoms with Crippen molar-refractivity contribution in [2.24, 2.45) is 0 Å². The van der Waals surface area contributed by atoms with E-state index in [0.717, 1.165) is 0 Å². The third kappa shape index (κ3) is 2.92. The summed E-state index contributed by atoms with van der Waals surface area (Å²) in [6.45, 7) is 0. The standard InChI is InChI=1S/C12H10Cl2N4O2/c1-15-10-6-5-9(18(19)20)12(16-10)17-11-7(13)3-2-4-8(11)14/h2-6H,1H3,(H2,15,16,17). The van der Waals surface area contributed by atoms with Crippen LogP contribution in [0.25, 0.3) is 0 Å². The highest BCUT2D eigenvalue weighted by Crippen LogP contribution is 2.35. The lowest BCUT2D eigenvalue weighted by atomic mass is 10.3. The van der Waals surface area contributed by atoms with Crippen molar-refractivity contribution >= 4 is 46.2 Å². The van der Waals surface area contributed by atoms with E-state index in [2.05, 4.69) is 15.6 Å². The van der Waals surface area contributed by atoms with Gasteiger partial charge < -0.3 is 10.6 Å². The normalized spacial score (nSPS) is 10.2. The van der Waals surface area contributed by atoms with Gasteiger partial charge in [0.2, 0.25) is 5.82 Å². The number of halogens is 2. The maximum atomic E-state index is 11.0. The molecule has 1 heterocycles. The molecule has 104 valence electrons. The number of pyridine rings is 1. The van der Waals surface area contributed by atoms with Gasteiger partial charge in [-0.25, -0.2) is 4.98 Å². The second kappa shape index (κ2) is 5.94. The first kappa shape index (κ1) is 14.4. The summed E-state index contributed by atoms with van der Waals surface area (Å²) in [6, 6.07) is 7.80. The Morgan fingerprint density at radius 2 is 1.85 bits per heavy atom. The first-order valence-electron chi connectivity index (χ1n) is 5.57. The summed E-state index contributed by atoms with van der Waals surface area (Å²) in [5.74, 6) is 0.554. The molecular formula is C12H10Cl2N4O2. The SMILES string of the molecule is CNc1ccc([N+](=O)[O-])c(Nc2c(Cl)cccc2Cl)n1. The lowest BCUT2D eigenvalue weighted by Gasteiger charge is -2.10. The van der Waals surface area contributed by atoms with Crippen molar-refractivity contribution in [3.8, 4) is 0 Å². The number of nitro groups is 1. The zero-order valence-electron chi connectivity index (χ0n) is 10.4. The van der Waals surface area contributed by atoms with Gasteiger partial charge >= 0.3 is 5.69 Å². The molecule has 2 N–H and O–H groups in total. The average Bonchev–Trinajstić information content (AvgIpc) is 2.42. The molecule has 0 unspecified atom stereocenters. The summed E-state index contributed by atoms with van der Waals surface area (Å²) in [5.41, 5.74) is 0.208. The van der Waals surface area contributed by atoms with Crippen LogP contribution in [-0.2, 0) is 0 Å². The Bertz CT molecular complexity index is 644. The Morgan fingerprint density at radius 1 is 1.20 bits per heavy atom. The second-order valence-electron chi connectivity index (χ2n) is 3.79. The zero-order chi connectivity index (χ0) is 14.7. The van der Waals surface area contributed by atoms with Gasteiger partial charge in [-0.2, -0.15) is 0 Å². The van der Waals surface area contributed by atoms with E-state index in [1.165, 1.54) is 12.1 Å². The first-order chi connectivity index (χ1) is 9.52. The number of para-hydroxylation sites is 1. The van der Waals surface area contributed by atoms with E-state index in [0.29, 0.717) is 21.6 Å². The molecule has 2 aromatic rings. The fourth-order valence-corrected chi connectivity index (χ4v) is 2.06. The monoisotopic (exact) mass is 312 g/mol. The van der Waals surface area contributed by atoms with E-state index in [1.807, 2.05) is 0 Å². The van der Waals surface area contributed by atoms with Gasteiger partial charge in [-0.3, -0.25) is 10.1 Å². The highest BCUT2D eigenvalue weighted by atomic mass is 35.5. The summed E-state index contributed by atoms with van der Waals surface area (Å²) < 4.78 is 0. The molecule has 0 aliphatic heterocycles. The van der Waals surface area contributed by atoms with Crippen LogP contribution in [0.15, 0.2) is 30.3 Å². The highest BCUT2D eigenvalue weighted by molar-refractivity contribution is 6.39. The largest absolute Gasteiger partial charge is 0.373 e. The summed E-state index contributed by atoms with van der Waals surface area (Å²) >= 11 is 12.0. The van der Waals surface area contributed by atoms with E-state index in [4.69, 9.17) is 23.2 Å². The Hall–Kier alpha value is -2.05. The molecule has 0 spiro atoms. The average molecular weight is 313 g/mol. The highest BCUT2D eigenvalue weighted by Gasteiger charge is 2.18. The summed E-state index contributed by atoms with van der Waals surface area (Å²) in [4.78, 5) is 14.6. The van der Waals surface area contributed by atoms with Crippen LogP contribution in [0, 0.1) is 10.1 Å². The van der Waals surface area contributed by atoms with Gasteiger partial charge in [0.05, 0.1) is 20.7 Å². The third-order valence-electron chi connectivity index (χ3n) is 2.53. The van der Waals surface area contributed by atoms with Crippen LogP contribution in [0.5, 0.6) is 0 Å². The maximum Gasteiger partial charge on any atom is 0.311 e. The zero-order valence-corrected chi connectivity index (χ0v) is 11.9. The molecule has 0 amide bonds. The van der Waals surface area contributed by atoms with Crippen molar-refractivity contribution in [3.63, 3.8) is 0 Å². The Kier molecular flexibility index (Phi) is 4.26. The minimum absolute atomic E-state index is 0.0665. The number of hydrogen-bond acceptors (Lipinski definition) is 5. The molecule has 0 aliphatic carbocycles. The molecule has 1 aromatic heterocycles. The minimum Gasteiger partial charge on any atom is -0.373 e. The lowest BCUT2D eigenvalue weighted by Crippen LogP contribution is -2.03. The second-order valence-corrected chi connectivity index (χ2v) is 4.61. The molecule has 8 heteroatoms. The number of nitrogens with one attached hydrogen (secondary N) is 2. The molecule has 0 saturated heterocycles. The van der Waals surface area contributed by atoms with E-state index >= 15 is 0 Å². The first-order valence-corrected chi connectivity index (χ1v) is 6.32. The van der Waals surface area contributed by atoms with E-state index in [-0.39, 0.29) is 11.5 Å². The van der Waals surface area contributed by atoms with Crippen LogP contribution in [0.4, 0.5) is 23.0 Å². The maximum absolute atomic E-state index is 11.0. The van der Waals surface area contributed by atoms with Gasteiger partial charge in [0, 0.05) is 13.1 Å². The van der Waals surface area contributed by atoms with Gasteiger partial charge in [0.15, 0.2) is 0 Å². The molecule has 0 saturated carbocycles. The number of aromatic nitrogens is 1. The smallest absolute Gasteiger partial charge is 0.311 e. The van der Waals surface area contributed by atoms with E-state index in [9.17, 15) is 10.1 Å². The molecule has 0 bridgehead atoms. The van der Waals surface area contributed by atoms with Crippen LogP contribution < -0.4 is 10.6 Å². The molecule has 6 nitrogen and oxygen atoms in total. The van der Waals surface area contributed by atoms with Crippen molar-refractivity contribution in [1.29, 1.82) is 0 Å². The topological polar surface area (TPSA) is 80.1 Å². The van der Waals surface area contributed by atoms with Crippen molar-refractivity contribution in [2.75, 3.05) is 17.7 Å². The van der Waals surface area contributed by atoms with Gasteiger partial charge in [-0.1, -0.05) is 29.3 Å². The molecule has 20 heavy (non-hydrogen) atoms. The number of nitrogens with zero attached hydrogens (tertiary/aromatic N) is 2. The van der Waals surface area contributed by atoms with Gasteiger partial charge in [0.1, 0.15) is 5.82 Å². The molecule has 0 atom stereocenters. The Labute approximate surface area is 124 Å². The molecule has 0 fully saturated rings. The fraction of sp³-hybridized carbons (Fsp3) is 0.0833. The van der Waals surface area contributed by atoms with Crippen LogP contribution in [0.2, 0.25) is 10.0 Å². The quantitative estimate of drug-likeness (QED) is 0.656. The van der Waals surface area contributed by atoms with Crippen LogP contribution in [0.3, 0.4) is 0 Å². The van der Waals surface area contributed by atoms with Gasteiger partial charge in [0.25, 0.3) is 0 Å². The number of benzene rings is 1. The Morgan fingerprint density at radius 3 is 2.40 bits per heavy atom. The fourth-order valence-electron chi connectivity index (χ4n) is 1.57. The molecule has 2 rings (SSSR count). The Balaban J connectivity index is 2.49. The lowest BCUT2D eigenvalue weighted by molar-refractivity contribution is -0.384. The number of hydrogen-bond donors (Lipinski definition) is 2. The van der Waals surface area contributed by atoms with Crippen LogP contribution in [0.1, 0.15) is 0 Å². The van der Waals surface area contributed by atoms with Crippen LogP contribution in [-0.4, -0.2) is 17.0 Å². The number of rotatable bonds is 4. The molecule has 0 aliphatic rings. The molecule has 0 radical (unpaired) electrons. The van der Waals surface area contributed by atoms with Crippen LogP contribution >= 0.6 is 23.2 Å². The van der Waals surface area contributed by atoms with Gasteiger partial charge in [-0.05, 0) is 18.2 Å². The summed E-state index contributed by atoms with van der Waals surface area (Å²) in [7, 11) is 1.67. The summed E-state index contributed by atoms with van der Waals surface area (Å²) in [5, 5.41) is 17.3.